The minimum Gasteiger partial charge on any atom is -0.508 e. The number of cyclic esters (lactones) is 1. The molecule has 5 N–H and O–H groups in total. The monoisotopic (exact) mass is 570 g/mol. The molecular formula is C29H30O12. The van der Waals surface area contributed by atoms with Gasteiger partial charge in [0.25, 0.3) is 0 Å². The molecule has 0 aliphatic carbocycles. The minimum atomic E-state index is -1.77. The fourth-order valence-corrected chi connectivity index (χ4v) is 5.30. The highest BCUT2D eigenvalue weighted by molar-refractivity contribution is 6.00. The van der Waals surface area contributed by atoms with Crippen molar-refractivity contribution in [2.45, 2.75) is 43.4 Å². The first-order chi connectivity index (χ1) is 19.7. The van der Waals surface area contributed by atoms with Gasteiger partial charge in [-0.3, -0.25) is 0 Å². The maximum Gasteiger partial charge on any atom is 0.343 e. The van der Waals surface area contributed by atoms with Gasteiger partial charge in [0.15, 0.2) is 6.10 Å². The number of hydrogen-bond donors (Lipinski definition) is 5. The van der Waals surface area contributed by atoms with Gasteiger partial charge in [-0.1, -0.05) is 30.3 Å². The average molecular weight is 571 g/mol. The Bertz CT molecular complexity index is 1340. The molecule has 0 bridgehead atoms. The Morgan fingerprint density at radius 1 is 1.10 bits per heavy atom. The zero-order valence-electron chi connectivity index (χ0n) is 21.7. The fourth-order valence-electron chi connectivity index (χ4n) is 5.30. The van der Waals surface area contributed by atoms with E-state index in [1.165, 1.54) is 36.6 Å². The van der Waals surface area contributed by atoms with Gasteiger partial charge in [-0.05, 0) is 30.2 Å². The van der Waals surface area contributed by atoms with Crippen molar-refractivity contribution in [3.8, 4) is 22.6 Å². The molecule has 2 fully saturated rings. The topological polar surface area (TPSA) is 181 Å². The summed E-state index contributed by atoms with van der Waals surface area (Å²) in [6.45, 7) is 3.33. The maximum absolute atomic E-state index is 13.5. The number of ether oxygens (including phenoxy) is 5. The lowest BCUT2D eigenvalue weighted by Gasteiger charge is -2.44. The molecule has 0 aromatic heterocycles. The number of aromatic hydroxyl groups is 2. The van der Waals surface area contributed by atoms with Crippen molar-refractivity contribution in [1.29, 1.82) is 0 Å². The molecule has 0 radical (unpaired) electrons. The number of rotatable bonds is 7. The number of hydrogen-bond acceptors (Lipinski definition) is 12. The van der Waals surface area contributed by atoms with E-state index in [1.54, 1.807) is 18.2 Å². The summed E-state index contributed by atoms with van der Waals surface area (Å²) < 4.78 is 28.0. The van der Waals surface area contributed by atoms with E-state index in [9.17, 15) is 35.1 Å². The molecule has 218 valence electrons. The van der Waals surface area contributed by atoms with Crippen LogP contribution >= 0.6 is 0 Å². The highest BCUT2D eigenvalue weighted by atomic mass is 16.8. The summed E-state index contributed by atoms with van der Waals surface area (Å²) >= 11 is 0. The van der Waals surface area contributed by atoms with Crippen molar-refractivity contribution in [3.63, 3.8) is 0 Å². The Hall–Kier alpha value is -3.94. The smallest absolute Gasteiger partial charge is 0.343 e. The van der Waals surface area contributed by atoms with Crippen molar-refractivity contribution < 1.29 is 58.8 Å². The summed E-state index contributed by atoms with van der Waals surface area (Å²) in [4.78, 5) is 25.7. The predicted octanol–water partition coefficient (Wildman–Crippen LogP) is 1.35. The van der Waals surface area contributed by atoms with Crippen LogP contribution in [0.2, 0.25) is 0 Å². The number of carbonyl (C=O) groups excluding carboxylic acids is 2. The molecule has 5 rings (SSSR count). The zero-order chi connectivity index (χ0) is 29.3. The standard InChI is InChI=1S/C29H30O12/c1-2-16-18-9-10-37-26(35)19(18)13-38-28(16)41-29-25(24(34)23(33)21(12-30)39-29)40-27(36)22-17(7-4-8-20(22)32)14-5-3-6-15(31)11-14/h2-8,11,13,16,18,21,23-25,28-34H,1,9-10,12H2/t16?,18?,21-,23+,24-,25-,28?,29+/m0/s1. The number of carbonyl (C=O) groups is 2. The predicted molar refractivity (Wildman–Crippen MR) is 139 cm³/mol. The highest BCUT2D eigenvalue weighted by Gasteiger charge is 2.50. The second kappa shape index (κ2) is 11.9. The van der Waals surface area contributed by atoms with Gasteiger partial charge in [-0.2, -0.15) is 0 Å². The normalized spacial score (nSPS) is 31.2. The van der Waals surface area contributed by atoms with Crippen molar-refractivity contribution >= 4 is 11.9 Å². The first-order valence-corrected chi connectivity index (χ1v) is 13.0. The van der Waals surface area contributed by atoms with Crippen molar-refractivity contribution in [2.24, 2.45) is 11.8 Å². The van der Waals surface area contributed by atoms with Gasteiger partial charge in [-0.15, -0.1) is 6.58 Å². The second-order valence-electron chi connectivity index (χ2n) is 9.88. The summed E-state index contributed by atoms with van der Waals surface area (Å²) in [5, 5.41) is 51.7. The van der Waals surface area contributed by atoms with Crippen LogP contribution in [0.4, 0.5) is 0 Å². The van der Waals surface area contributed by atoms with Crippen molar-refractivity contribution in [3.05, 3.63) is 72.5 Å². The third-order valence-electron chi connectivity index (χ3n) is 7.42. The van der Waals surface area contributed by atoms with Gasteiger partial charge in [0, 0.05) is 17.4 Å². The molecule has 0 saturated carbocycles. The SMILES string of the molecule is C=CC1C(O[C@H]2O[C@@H](CO)[C@@H](O)[C@H](O)[C@@H]2OC(=O)c2c(O)cccc2-c2cccc(O)c2)OC=C2C(=O)OCCC21. The van der Waals surface area contributed by atoms with E-state index < -0.39 is 67.2 Å². The van der Waals surface area contributed by atoms with Gasteiger partial charge in [0.1, 0.15) is 35.4 Å². The summed E-state index contributed by atoms with van der Waals surface area (Å²) in [5.41, 5.74) is 0.678. The number of aliphatic hydroxyl groups excluding tert-OH is 3. The van der Waals surface area contributed by atoms with Crippen LogP contribution in [0.5, 0.6) is 11.5 Å². The summed E-state index contributed by atoms with van der Waals surface area (Å²) in [5.74, 6) is -3.00. The van der Waals surface area contributed by atoms with Gasteiger partial charge in [-0.25, -0.2) is 9.59 Å². The van der Waals surface area contributed by atoms with Gasteiger partial charge in [0.2, 0.25) is 12.6 Å². The molecule has 12 heteroatoms. The van der Waals surface area contributed by atoms with E-state index >= 15 is 0 Å². The molecule has 0 spiro atoms. The average Bonchev–Trinajstić information content (AvgIpc) is 2.96. The molecule has 2 aromatic rings. The van der Waals surface area contributed by atoms with E-state index in [2.05, 4.69) is 6.58 Å². The van der Waals surface area contributed by atoms with Crippen molar-refractivity contribution in [2.75, 3.05) is 13.2 Å². The molecule has 0 amide bonds. The molecular weight excluding hydrogens is 540 g/mol. The number of phenolic OH excluding ortho intramolecular Hbond substituents is 2. The molecule has 12 nitrogen and oxygen atoms in total. The Morgan fingerprint density at radius 3 is 2.61 bits per heavy atom. The second-order valence-corrected chi connectivity index (χ2v) is 9.88. The lowest BCUT2D eigenvalue weighted by Crippen LogP contribution is -2.61. The first-order valence-electron chi connectivity index (χ1n) is 13.0. The molecule has 8 atom stereocenters. The van der Waals surface area contributed by atoms with E-state index in [4.69, 9.17) is 23.7 Å². The van der Waals surface area contributed by atoms with E-state index in [0.29, 0.717) is 17.6 Å². The van der Waals surface area contributed by atoms with Crippen LogP contribution in [0.25, 0.3) is 11.1 Å². The summed E-state index contributed by atoms with van der Waals surface area (Å²) in [6.07, 6.45) is -5.78. The van der Waals surface area contributed by atoms with Crippen LogP contribution in [0.1, 0.15) is 16.8 Å². The molecule has 2 aromatic carbocycles. The lowest BCUT2D eigenvalue weighted by atomic mass is 9.81. The number of esters is 2. The van der Waals surface area contributed by atoms with Crippen LogP contribution in [0.15, 0.2) is 67.0 Å². The Balaban J connectivity index is 1.44. The lowest BCUT2D eigenvalue weighted by molar-refractivity contribution is -0.338. The molecule has 3 unspecified atom stereocenters. The Morgan fingerprint density at radius 2 is 1.88 bits per heavy atom. The van der Waals surface area contributed by atoms with Crippen LogP contribution in [-0.2, 0) is 28.5 Å². The van der Waals surface area contributed by atoms with E-state index in [1.807, 2.05) is 0 Å². The quantitative estimate of drug-likeness (QED) is 0.238. The number of fused-ring (bicyclic) bond motifs is 1. The van der Waals surface area contributed by atoms with Crippen LogP contribution in [0.3, 0.4) is 0 Å². The number of phenols is 2. The minimum absolute atomic E-state index is 0.0689. The molecule has 41 heavy (non-hydrogen) atoms. The zero-order valence-corrected chi connectivity index (χ0v) is 21.7. The maximum atomic E-state index is 13.5. The van der Waals surface area contributed by atoms with Crippen molar-refractivity contribution in [1.82, 2.24) is 0 Å². The third-order valence-corrected chi connectivity index (χ3v) is 7.42. The van der Waals surface area contributed by atoms with Crippen LogP contribution < -0.4 is 0 Å². The number of aliphatic hydroxyl groups is 3. The summed E-state index contributed by atoms with van der Waals surface area (Å²) in [7, 11) is 0. The van der Waals surface area contributed by atoms with Gasteiger partial charge < -0.3 is 49.2 Å². The van der Waals surface area contributed by atoms with Crippen LogP contribution in [0, 0.1) is 11.8 Å². The van der Waals surface area contributed by atoms with Crippen LogP contribution in [-0.4, -0.2) is 87.7 Å². The summed E-state index contributed by atoms with van der Waals surface area (Å²) in [6, 6.07) is 10.3. The molecule has 3 heterocycles. The van der Waals surface area contributed by atoms with E-state index in [0.717, 1.165) is 0 Å². The number of benzene rings is 2. The van der Waals surface area contributed by atoms with Gasteiger partial charge >= 0.3 is 11.9 Å². The van der Waals surface area contributed by atoms with E-state index in [-0.39, 0.29) is 29.4 Å². The molecule has 3 aliphatic rings. The fraction of sp³-hybridized carbons (Fsp3) is 0.379. The third kappa shape index (κ3) is 5.52. The first kappa shape index (κ1) is 28.6. The highest BCUT2D eigenvalue weighted by Crippen LogP contribution is 2.39. The largest absolute Gasteiger partial charge is 0.508 e. The molecule has 3 aliphatic heterocycles. The Kier molecular flexibility index (Phi) is 8.29. The Labute approximate surface area is 234 Å². The molecule has 2 saturated heterocycles. The van der Waals surface area contributed by atoms with Gasteiger partial charge in [0.05, 0.1) is 25.0 Å².